The van der Waals surface area contributed by atoms with Gasteiger partial charge in [-0.15, -0.1) is 0 Å². The average Bonchev–Trinajstić information content (AvgIpc) is 2.60. The second kappa shape index (κ2) is 7.22. The van der Waals surface area contributed by atoms with Crippen molar-refractivity contribution in [2.75, 3.05) is 13.7 Å². The molecule has 24 heavy (non-hydrogen) atoms. The molecular formula is C20H26N2O2. The first kappa shape index (κ1) is 16.8. The van der Waals surface area contributed by atoms with Crippen LogP contribution in [-0.4, -0.2) is 18.7 Å². The fourth-order valence-corrected chi connectivity index (χ4v) is 3.30. The van der Waals surface area contributed by atoms with E-state index in [1.54, 1.807) is 7.11 Å². The van der Waals surface area contributed by atoms with Crippen molar-refractivity contribution in [3.63, 3.8) is 0 Å². The summed E-state index contributed by atoms with van der Waals surface area (Å²) in [6.45, 7) is 7.32. The number of rotatable bonds is 5. The molecule has 1 aliphatic rings. The van der Waals surface area contributed by atoms with Crippen molar-refractivity contribution in [2.45, 2.75) is 39.3 Å². The molecule has 3 rings (SSSR count). The molecule has 0 aliphatic carbocycles. The van der Waals surface area contributed by atoms with E-state index in [1.807, 2.05) is 24.4 Å². The highest BCUT2D eigenvalue weighted by Gasteiger charge is 2.27. The number of pyridine rings is 1. The lowest BCUT2D eigenvalue weighted by Gasteiger charge is -2.33. The summed E-state index contributed by atoms with van der Waals surface area (Å²) in [5, 5.41) is 3.82. The molecule has 2 atom stereocenters. The lowest BCUT2D eigenvalue weighted by atomic mass is 9.93. The van der Waals surface area contributed by atoms with E-state index in [-0.39, 0.29) is 12.1 Å². The summed E-state index contributed by atoms with van der Waals surface area (Å²) in [7, 11) is 1.70. The largest absolute Gasteiger partial charge is 0.497 e. The third-order valence-corrected chi connectivity index (χ3v) is 4.65. The predicted molar refractivity (Wildman–Crippen MR) is 95.5 cm³/mol. The summed E-state index contributed by atoms with van der Waals surface area (Å²) in [6.07, 6.45) is 2.82. The molecule has 0 saturated heterocycles. The van der Waals surface area contributed by atoms with Crippen LogP contribution in [0.1, 0.15) is 49.2 Å². The molecule has 1 N–H and O–H groups in total. The van der Waals surface area contributed by atoms with E-state index in [0.717, 1.165) is 30.2 Å². The van der Waals surface area contributed by atoms with E-state index in [1.165, 1.54) is 11.1 Å². The number of fused-ring (bicyclic) bond motifs is 1. The number of methoxy groups -OCH3 is 1. The molecule has 1 aliphatic heterocycles. The van der Waals surface area contributed by atoms with Crippen molar-refractivity contribution in [1.29, 1.82) is 0 Å². The van der Waals surface area contributed by atoms with E-state index >= 15 is 0 Å². The van der Waals surface area contributed by atoms with Crippen molar-refractivity contribution >= 4 is 0 Å². The lowest BCUT2D eigenvalue weighted by Crippen LogP contribution is -2.34. The fourth-order valence-electron chi connectivity index (χ4n) is 3.30. The van der Waals surface area contributed by atoms with E-state index in [0.29, 0.717) is 5.92 Å². The van der Waals surface area contributed by atoms with Gasteiger partial charge >= 0.3 is 0 Å². The van der Waals surface area contributed by atoms with Gasteiger partial charge in [-0.1, -0.05) is 19.9 Å². The van der Waals surface area contributed by atoms with E-state index in [4.69, 9.17) is 9.47 Å². The van der Waals surface area contributed by atoms with Crippen LogP contribution in [0.2, 0.25) is 0 Å². The molecule has 0 radical (unpaired) electrons. The molecule has 4 nitrogen and oxygen atoms in total. The van der Waals surface area contributed by atoms with Gasteiger partial charge < -0.3 is 14.8 Å². The highest BCUT2D eigenvalue weighted by Crippen LogP contribution is 2.37. The summed E-state index contributed by atoms with van der Waals surface area (Å²) in [4.78, 5) is 4.64. The molecule has 0 fully saturated rings. The smallest absolute Gasteiger partial charge is 0.124 e. The van der Waals surface area contributed by atoms with Gasteiger partial charge in [0.25, 0.3) is 0 Å². The predicted octanol–water partition coefficient (Wildman–Crippen LogP) is 4.21. The van der Waals surface area contributed by atoms with Gasteiger partial charge in [0.2, 0.25) is 0 Å². The molecular weight excluding hydrogens is 300 g/mol. The zero-order valence-corrected chi connectivity index (χ0v) is 14.9. The summed E-state index contributed by atoms with van der Waals surface area (Å²) < 4.78 is 11.2. The Hall–Kier alpha value is -2.07. The summed E-state index contributed by atoms with van der Waals surface area (Å²) in [5.74, 6) is 2.25. The summed E-state index contributed by atoms with van der Waals surface area (Å²) in [5.41, 5.74) is 3.52. The number of nitrogens with zero attached hydrogens (tertiary/aromatic N) is 1. The first-order chi connectivity index (χ1) is 11.6. The van der Waals surface area contributed by atoms with Crippen LogP contribution in [0.15, 0.2) is 36.5 Å². The lowest BCUT2D eigenvalue weighted by molar-refractivity contribution is 0.232. The van der Waals surface area contributed by atoms with Crippen molar-refractivity contribution in [1.82, 2.24) is 10.3 Å². The zero-order chi connectivity index (χ0) is 17.1. The Labute approximate surface area is 144 Å². The standard InChI is InChI=1S/C20H26N2O2/c1-13(2)19(20-14(3)6-5-10-21-20)22-17-9-11-24-18-8-7-15(23-4)12-16(17)18/h5-8,10,12-13,17,19,22H,9,11H2,1-4H3. The van der Waals surface area contributed by atoms with Gasteiger partial charge in [0.1, 0.15) is 11.5 Å². The Balaban J connectivity index is 1.91. The molecule has 2 aromatic rings. The molecule has 2 unspecified atom stereocenters. The molecule has 0 amide bonds. The monoisotopic (exact) mass is 326 g/mol. The van der Waals surface area contributed by atoms with Crippen LogP contribution in [0.5, 0.6) is 11.5 Å². The van der Waals surface area contributed by atoms with Gasteiger partial charge in [-0.05, 0) is 42.7 Å². The van der Waals surface area contributed by atoms with Crippen molar-refractivity contribution in [2.24, 2.45) is 5.92 Å². The minimum atomic E-state index is 0.202. The topological polar surface area (TPSA) is 43.4 Å². The SMILES string of the molecule is COc1ccc2c(c1)C(NC(c1ncccc1C)C(C)C)CCO2. The zero-order valence-electron chi connectivity index (χ0n) is 14.9. The first-order valence-electron chi connectivity index (χ1n) is 8.58. The number of hydrogen-bond acceptors (Lipinski definition) is 4. The second-order valence-electron chi connectivity index (χ2n) is 6.69. The number of aromatic nitrogens is 1. The molecule has 0 bridgehead atoms. The third-order valence-electron chi connectivity index (χ3n) is 4.65. The highest BCUT2D eigenvalue weighted by atomic mass is 16.5. The maximum Gasteiger partial charge on any atom is 0.124 e. The number of aryl methyl sites for hydroxylation is 1. The third kappa shape index (κ3) is 3.39. The van der Waals surface area contributed by atoms with E-state index < -0.39 is 0 Å². The Morgan fingerprint density at radius 2 is 2.12 bits per heavy atom. The number of hydrogen-bond donors (Lipinski definition) is 1. The number of nitrogens with one attached hydrogen (secondary N) is 1. The Morgan fingerprint density at radius 3 is 2.83 bits per heavy atom. The number of benzene rings is 1. The molecule has 4 heteroatoms. The fraction of sp³-hybridized carbons (Fsp3) is 0.450. The molecule has 0 spiro atoms. The second-order valence-corrected chi connectivity index (χ2v) is 6.69. The van der Waals surface area contributed by atoms with Crippen LogP contribution in [0.3, 0.4) is 0 Å². The quantitative estimate of drug-likeness (QED) is 0.894. The Bertz CT molecular complexity index is 700. The summed E-state index contributed by atoms with van der Waals surface area (Å²) >= 11 is 0. The molecule has 2 heterocycles. The van der Waals surface area contributed by atoms with Crippen molar-refractivity contribution < 1.29 is 9.47 Å². The maximum atomic E-state index is 5.81. The van der Waals surface area contributed by atoms with Crippen LogP contribution in [0, 0.1) is 12.8 Å². The number of ether oxygens (including phenoxy) is 2. The Morgan fingerprint density at radius 1 is 1.29 bits per heavy atom. The molecule has 1 aromatic heterocycles. The van der Waals surface area contributed by atoms with Crippen LogP contribution >= 0.6 is 0 Å². The van der Waals surface area contributed by atoms with Gasteiger partial charge in [-0.2, -0.15) is 0 Å². The van der Waals surface area contributed by atoms with E-state index in [9.17, 15) is 0 Å². The summed E-state index contributed by atoms with van der Waals surface area (Å²) in [6, 6.07) is 10.6. The van der Waals surface area contributed by atoms with Crippen molar-refractivity contribution in [3.8, 4) is 11.5 Å². The molecule has 0 saturated carbocycles. The normalized spacial score (nSPS) is 18.0. The minimum absolute atomic E-state index is 0.202. The van der Waals surface area contributed by atoms with E-state index in [2.05, 4.69) is 43.2 Å². The van der Waals surface area contributed by atoms with Crippen LogP contribution in [0.25, 0.3) is 0 Å². The van der Waals surface area contributed by atoms with Gasteiger partial charge in [0, 0.05) is 24.2 Å². The average molecular weight is 326 g/mol. The first-order valence-corrected chi connectivity index (χ1v) is 8.58. The molecule has 128 valence electrons. The Kier molecular flexibility index (Phi) is 5.05. The van der Waals surface area contributed by atoms with Crippen LogP contribution in [-0.2, 0) is 0 Å². The van der Waals surface area contributed by atoms with Crippen molar-refractivity contribution in [3.05, 3.63) is 53.3 Å². The van der Waals surface area contributed by atoms with Gasteiger partial charge in [-0.3, -0.25) is 4.98 Å². The molecule has 1 aromatic carbocycles. The van der Waals surface area contributed by atoms with Crippen LogP contribution < -0.4 is 14.8 Å². The van der Waals surface area contributed by atoms with Gasteiger partial charge in [0.05, 0.1) is 25.5 Å². The van der Waals surface area contributed by atoms with Gasteiger partial charge in [0.15, 0.2) is 0 Å². The van der Waals surface area contributed by atoms with Gasteiger partial charge in [-0.25, -0.2) is 0 Å². The van der Waals surface area contributed by atoms with Crippen LogP contribution in [0.4, 0.5) is 0 Å². The maximum absolute atomic E-state index is 5.81. The highest BCUT2D eigenvalue weighted by molar-refractivity contribution is 5.43. The minimum Gasteiger partial charge on any atom is -0.497 e.